The fourth-order valence-corrected chi connectivity index (χ4v) is 1.68. The van der Waals surface area contributed by atoms with Gasteiger partial charge in [-0.3, -0.25) is 0 Å². The lowest BCUT2D eigenvalue weighted by Gasteiger charge is -2.08. The lowest BCUT2D eigenvalue weighted by molar-refractivity contribution is 0.658. The fourth-order valence-electron chi connectivity index (χ4n) is 1.68. The first kappa shape index (κ1) is 12.3. The van der Waals surface area contributed by atoms with Crippen molar-refractivity contribution in [2.24, 2.45) is 0 Å². The molecule has 2 N–H and O–H groups in total. The predicted molar refractivity (Wildman–Crippen MR) is 70.3 cm³/mol. The van der Waals surface area contributed by atoms with E-state index >= 15 is 0 Å². The predicted octanol–water partition coefficient (Wildman–Crippen LogP) is 2.15. The zero-order chi connectivity index (χ0) is 12.1. The summed E-state index contributed by atoms with van der Waals surface area (Å²) in [5.74, 6) is 1.39. The Kier molecular flexibility index (Phi) is 4.31. The summed E-state index contributed by atoms with van der Waals surface area (Å²) in [6.45, 7) is 6.35. The molecule has 1 saturated carbocycles. The van der Waals surface area contributed by atoms with Gasteiger partial charge in [0.1, 0.15) is 12.1 Å². The molecule has 0 bridgehead atoms. The molecule has 0 unspecified atom stereocenters. The SMILES string of the molecule is CC(C)c1cc(NCCCNC2CC2)ncn1. The minimum absolute atomic E-state index is 0.454. The van der Waals surface area contributed by atoms with Gasteiger partial charge < -0.3 is 10.6 Å². The summed E-state index contributed by atoms with van der Waals surface area (Å²) in [5, 5.41) is 6.84. The molecule has 1 aromatic heterocycles. The summed E-state index contributed by atoms with van der Waals surface area (Å²) >= 11 is 0. The van der Waals surface area contributed by atoms with Gasteiger partial charge in [-0.05, 0) is 31.7 Å². The van der Waals surface area contributed by atoms with Crippen LogP contribution in [0.15, 0.2) is 12.4 Å². The van der Waals surface area contributed by atoms with Crippen molar-refractivity contribution in [2.75, 3.05) is 18.4 Å². The Bertz CT molecular complexity index is 347. The van der Waals surface area contributed by atoms with Crippen molar-refractivity contribution in [3.05, 3.63) is 18.1 Å². The quantitative estimate of drug-likeness (QED) is 0.710. The standard InChI is InChI=1S/C13H22N4/c1-10(2)12-8-13(17-9-16-12)15-7-3-6-14-11-4-5-11/h8-11,14H,3-7H2,1-2H3,(H,15,16,17). The minimum Gasteiger partial charge on any atom is -0.370 e. The highest BCUT2D eigenvalue weighted by Gasteiger charge is 2.19. The molecule has 4 heteroatoms. The molecular formula is C13H22N4. The van der Waals surface area contributed by atoms with E-state index in [-0.39, 0.29) is 0 Å². The minimum atomic E-state index is 0.454. The van der Waals surface area contributed by atoms with Crippen LogP contribution in [0.2, 0.25) is 0 Å². The van der Waals surface area contributed by atoms with Crippen LogP contribution in [0.1, 0.15) is 44.7 Å². The van der Waals surface area contributed by atoms with Crippen LogP contribution in [0.5, 0.6) is 0 Å². The summed E-state index contributed by atoms with van der Waals surface area (Å²) in [7, 11) is 0. The molecule has 0 aromatic carbocycles. The van der Waals surface area contributed by atoms with Gasteiger partial charge in [0.05, 0.1) is 0 Å². The molecule has 0 spiro atoms. The molecule has 4 nitrogen and oxygen atoms in total. The van der Waals surface area contributed by atoms with Crippen LogP contribution < -0.4 is 10.6 Å². The molecule has 2 rings (SSSR count). The third-order valence-electron chi connectivity index (χ3n) is 2.95. The van der Waals surface area contributed by atoms with E-state index in [1.165, 1.54) is 12.8 Å². The number of nitrogens with one attached hydrogen (secondary N) is 2. The van der Waals surface area contributed by atoms with Gasteiger partial charge in [0.25, 0.3) is 0 Å². The van der Waals surface area contributed by atoms with Gasteiger partial charge >= 0.3 is 0 Å². The normalized spacial score (nSPS) is 15.2. The smallest absolute Gasteiger partial charge is 0.129 e. The van der Waals surface area contributed by atoms with E-state index in [2.05, 4.69) is 34.4 Å². The van der Waals surface area contributed by atoms with Gasteiger partial charge in [0.15, 0.2) is 0 Å². The Morgan fingerprint density at radius 2 is 2.12 bits per heavy atom. The highest BCUT2D eigenvalue weighted by Crippen LogP contribution is 2.18. The molecule has 0 amide bonds. The zero-order valence-electron chi connectivity index (χ0n) is 10.7. The highest BCUT2D eigenvalue weighted by atomic mass is 15.0. The highest BCUT2D eigenvalue weighted by molar-refractivity contribution is 5.35. The number of anilines is 1. The Balaban J connectivity index is 1.68. The molecule has 1 aliphatic carbocycles. The fraction of sp³-hybridized carbons (Fsp3) is 0.692. The van der Waals surface area contributed by atoms with Crippen molar-refractivity contribution in [2.45, 2.75) is 45.1 Å². The first-order chi connectivity index (χ1) is 8.25. The first-order valence-electron chi connectivity index (χ1n) is 6.55. The molecule has 17 heavy (non-hydrogen) atoms. The first-order valence-corrected chi connectivity index (χ1v) is 6.55. The van der Waals surface area contributed by atoms with E-state index in [4.69, 9.17) is 0 Å². The molecule has 94 valence electrons. The second-order valence-corrected chi connectivity index (χ2v) is 4.99. The van der Waals surface area contributed by atoms with Crippen LogP contribution in [0.25, 0.3) is 0 Å². The second-order valence-electron chi connectivity index (χ2n) is 4.99. The maximum atomic E-state index is 4.25. The topological polar surface area (TPSA) is 49.8 Å². The molecular weight excluding hydrogens is 212 g/mol. The summed E-state index contributed by atoms with van der Waals surface area (Å²) < 4.78 is 0. The lowest BCUT2D eigenvalue weighted by Crippen LogP contribution is -2.20. The summed E-state index contributed by atoms with van der Waals surface area (Å²) in [4.78, 5) is 8.48. The number of hydrogen-bond donors (Lipinski definition) is 2. The maximum absolute atomic E-state index is 4.25. The van der Waals surface area contributed by atoms with Crippen LogP contribution >= 0.6 is 0 Å². The van der Waals surface area contributed by atoms with E-state index in [9.17, 15) is 0 Å². The van der Waals surface area contributed by atoms with Gasteiger partial charge in [0.2, 0.25) is 0 Å². The third-order valence-corrected chi connectivity index (χ3v) is 2.95. The zero-order valence-corrected chi connectivity index (χ0v) is 10.7. The number of aromatic nitrogens is 2. The second kappa shape index (κ2) is 5.96. The molecule has 1 aromatic rings. The van der Waals surface area contributed by atoms with E-state index in [1.807, 2.05) is 6.07 Å². The van der Waals surface area contributed by atoms with Crippen LogP contribution in [-0.4, -0.2) is 29.1 Å². The van der Waals surface area contributed by atoms with Crippen molar-refractivity contribution < 1.29 is 0 Å². The molecule has 0 aliphatic heterocycles. The van der Waals surface area contributed by atoms with Crippen molar-refractivity contribution in [3.63, 3.8) is 0 Å². The average Bonchev–Trinajstić information content (AvgIpc) is 3.13. The van der Waals surface area contributed by atoms with E-state index in [0.29, 0.717) is 5.92 Å². The van der Waals surface area contributed by atoms with E-state index in [1.54, 1.807) is 6.33 Å². The molecule has 0 saturated heterocycles. The van der Waals surface area contributed by atoms with Gasteiger partial charge in [-0.2, -0.15) is 0 Å². The molecule has 0 radical (unpaired) electrons. The van der Waals surface area contributed by atoms with Gasteiger partial charge in [-0.25, -0.2) is 9.97 Å². The summed E-state index contributed by atoms with van der Waals surface area (Å²) in [5.41, 5.74) is 1.10. The maximum Gasteiger partial charge on any atom is 0.129 e. The molecule has 1 aliphatic rings. The Labute approximate surface area is 103 Å². The van der Waals surface area contributed by atoms with Crippen LogP contribution in [-0.2, 0) is 0 Å². The Morgan fingerprint density at radius 3 is 2.82 bits per heavy atom. The Hall–Kier alpha value is -1.16. The van der Waals surface area contributed by atoms with E-state index < -0.39 is 0 Å². The molecule has 1 heterocycles. The number of nitrogens with zero attached hydrogens (tertiary/aromatic N) is 2. The van der Waals surface area contributed by atoms with Gasteiger partial charge in [0, 0.05) is 24.3 Å². The number of rotatable bonds is 7. The van der Waals surface area contributed by atoms with Crippen LogP contribution in [0.3, 0.4) is 0 Å². The van der Waals surface area contributed by atoms with Crippen molar-refractivity contribution >= 4 is 5.82 Å². The third kappa shape index (κ3) is 4.30. The van der Waals surface area contributed by atoms with Gasteiger partial charge in [-0.1, -0.05) is 13.8 Å². The average molecular weight is 234 g/mol. The summed E-state index contributed by atoms with van der Waals surface area (Å²) in [6.07, 6.45) is 5.49. The van der Waals surface area contributed by atoms with Crippen LogP contribution in [0, 0.1) is 0 Å². The van der Waals surface area contributed by atoms with E-state index in [0.717, 1.165) is 37.1 Å². The molecule has 0 atom stereocenters. The van der Waals surface area contributed by atoms with Crippen LogP contribution in [0.4, 0.5) is 5.82 Å². The lowest BCUT2D eigenvalue weighted by atomic mass is 10.1. The Morgan fingerprint density at radius 1 is 1.29 bits per heavy atom. The number of hydrogen-bond acceptors (Lipinski definition) is 4. The van der Waals surface area contributed by atoms with Crippen molar-refractivity contribution in [1.29, 1.82) is 0 Å². The largest absolute Gasteiger partial charge is 0.370 e. The van der Waals surface area contributed by atoms with Crippen molar-refractivity contribution in [3.8, 4) is 0 Å². The monoisotopic (exact) mass is 234 g/mol. The molecule has 1 fully saturated rings. The van der Waals surface area contributed by atoms with Crippen molar-refractivity contribution in [1.82, 2.24) is 15.3 Å². The summed E-state index contributed by atoms with van der Waals surface area (Å²) in [6, 6.07) is 2.85. The van der Waals surface area contributed by atoms with Gasteiger partial charge in [-0.15, -0.1) is 0 Å².